The minimum atomic E-state index is -0.466. The maximum atomic E-state index is 13.2. The van der Waals surface area contributed by atoms with Gasteiger partial charge in [-0.25, -0.2) is 4.39 Å². The van der Waals surface area contributed by atoms with Gasteiger partial charge in [-0.1, -0.05) is 11.6 Å². The van der Waals surface area contributed by atoms with E-state index in [0.717, 1.165) is 48.3 Å². The molecule has 30 heavy (non-hydrogen) atoms. The summed E-state index contributed by atoms with van der Waals surface area (Å²) >= 11 is 6.01. The normalized spacial score (nSPS) is 16.4. The van der Waals surface area contributed by atoms with E-state index in [1.807, 2.05) is 30.3 Å². The monoisotopic (exact) mass is 428 g/mol. The van der Waals surface area contributed by atoms with E-state index in [2.05, 4.69) is 20.4 Å². The number of aromatic nitrogens is 2. The van der Waals surface area contributed by atoms with Gasteiger partial charge in [0.15, 0.2) is 5.82 Å². The molecule has 0 saturated carbocycles. The maximum absolute atomic E-state index is 13.2. The molecule has 1 saturated heterocycles. The van der Waals surface area contributed by atoms with E-state index in [1.54, 1.807) is 7.11 Å². The van der Waals surface area contributed by atoms with Crippen molar-refractivity contribution in [1.29, 1.82) is 0 Å². The van der Waals surface area contributed by atoms with Gasteiger partial charge in [-0.05, 0) is 60.9 Å². The first-order chi connectivity index (χ1) is 14.5. The number of anilines is 1. The van der Waals surface area contributed by atoms with Gasteiger partial charge in [0.25, 0.3) is 5.91 Å². The van der Waals surface area contributed by atoms with Crippen LogP contribution in [0.25, 0.3) is 11.3 Å². The number of methoxy groups -OCH3 is 1. The Morgan fingerprint density at radius 1 is 1.27 bits per heavy atom. The molecule has 156 valence electrons. The quantitative estimate of drug-likeness (QED) is 0.636. The zero-order valence-corrected chi connectivity index (χ0v) is 17.2. The molecule has 3 aromatic rings. The predicted octanol–water partition coefficient (Wildman–Crippen LogP) is 4.28. The van der Waals surface area contributed by atoms with Crippen LogP contribution in [0.5, 0.6) is 5.75 Å². The van der Waals surface area contributed by atoms with Crippen molar-refractivity contribution in [3.05, 3.63) is 64.9 Å². The minimum absolute atomic E-state index is 0.0477. The van der Waals surface area contributed by atoms with Crippen LogP contribution >= 0.6 is 11.6 Å². The lowest BCUT2D eigenvalue weighted by atomic mass is 10.0. The maximum Gasteiger partial charge on any atom is 0.253 e. The molecule has 1 aliphatic heterocycles. The first kappa shape index (κ1) is 20.2. The number of carbonyl (C=O) groups excluding carboxylic acids is 1. The summed E-state index contributed by atoms with van der Waals surface area (Å²) in [5.41, 5.74) is 2.20. The average molecular weight is 429 g/mol. The van der Waals surface area contributed by atoms with Gasteiger partial charge in [-0.2, -0.15) is 5.10 Å². The van der Waals surface area contributed by atoms with E-state index in [1.165, 1.54) is 12.1 Å². The second kappa shape index (κ2) is 8.75. The van der Waals surface area contributed by atoms with Crippen LogP contribution in [0.4, 0.5) is 10.2 Å². The Morgan fingerprint density at radius 3 is 2.80 bits per heavy atom. The summed E-state index contributed by atoms with van der Waals surface area (Å²) in [5.74, 6) is 0.869. The topological polar surface area (TPSA) is 70.2 Å². The fourth-order valence-corrected chi connectivity index (χ4v) is 3.88. The number of carbonyl (C=O) groups is 1. The summed E-state index contributed by atoms with van der Waals surface area (Å²) in [7, 11) is 1.64. The van der Waals surface area contributed by atoms with Crippen molar-refractivity contribution in [2.24, 2.45) is 0 Å². The Hall–Kier alpha value is -3.06. The molecule has 2 N–H and O–H groups in total. The number of rotatable bonds is 5. The Morgan fingerprint density at radius 2 is 2.07 bits per heavy atom. The lowest BCUT2D eigenvalue weighted by Gasteiger charge is -2.33. The SMILES string of the molecule is COc1ccc(-c2cc(N3CCCC(NC(=O)c4ccc(F)cc4Cl)C3)n[nH]2)cc1. The molecule has 1 unspecified atom stereocenters. The summed E-state index contributed by atoms with van der Waals surface area (Å²) < 4.78 is 18.4. The van der Waals surface area contributed by atoms with Gasteiger partial charge >= 0.3 is 0 Å². The van der Waals surface area contributed by atoms with Crippen LogP contribution in [-0.2, 0) is 0 Å². The van der Waals surface area contributed by atoms with Gasteiger partial charge in [0.1, 0.15) is 11.6 Å². The molecule has 1 aromatic heterocycles. The molecule has 8 heteroatoms. The van der Waals surface area contributed by atoms with Gasteiger partial charge in [-0.3, -0.25) is 9.89 Å². The third-order valence-electron chi connectivity index (χ3n) is 5.22. The van der Waals surface area contributed by atoms with Crippen molar-refractivity contribution in [2.45, 2.75) is 18.9 Å². The lowest BCUT2D eigenvalue weighted by molar-refractivity contribution is 0.0933. The number of hydrogen-bond acceptors (Lipinski definition) is 4. The number of nitrogens with zero attached hydrogens (tertiary/aromatic N) is 2. The number of benzene rings is 2. The Kier molecular flexibility index (Phi) is 5.90. The van der Waals surface area contributed by atoms with Crippen LogP contribution < -0.4 is 15.0 Å². The van der Waals surface area contributed by atoms with E-state index >= 15 is 0 Å². The highest BCUT2D eigenvalue weighted by Crippen LogP contribution is 2.26. The minimum Gasteiger partial charge on any atom is -0.497 e. The van der Waals surface area contributed by atoms with Crippen LogP contribution in [-0.4, -0.2) is 42.3 Å². The number of H-pyrrole nitrogens is 1. The molecule has 4 rings (SSSR count). The lowest BCUT2D eigenvalue weighted by Crippen LogP contribution is -2.48. The van der Waals surface area contributed by atoms with Gasteiger partial charge in [0, 0.05) is 25.2 Å². The van der Waals surface area contributed by atoms with Crippen LogP contribution in [0.3, 0.4) is 0 Å². The van der Waals surface area contributed by atoms with E-state index in [0.29, 0.717) is 6.54 Å². The standard InChI is InChI=1S/C22H22ClFN4O2/c1-30-17-7-4-14(5-8-17)20-12-21(27-26-20)28-10-2-3-16(13-28)25-22(29)18-9-6-15(24)11-19(18)23/h4-9,11-12,16H,2-3,10,13H2,1H3,(H,25,29)(H,26,27). The first-order valence-electron chi connectivity index (χ1n) is 9.74. The highest BCUT2D eigenvalue weighted by Gasteiger charge is 2.24. The van der Waals surface area contributed by atoms with E-state index in [9.17, 15) is 9.18 Å². The van der Waals surface area contributed by atoms with Crippen molar-refractivity contribution < 1.29 is 13.9 Å². The second-order valence-electron chi connectivity index (χ2n) is 7.25. The Labute approximate surface area is 179 Å². The first-order valence-corrected chi connectivity index (χ1v) is 10.1. The number of aromatic amines is 1. The highest BCUT2D eigenvalue weighted by molar-refractivity contribution is 6.33. The number of nitrogens with one attached hydrogen (secondary N) is 2. The molecule has 1 fully saturated rings. The van der Waals surface area contributed by atoms with Gasteiger partial charge in [0.2, 0.25) is 0 Å². The molecule has 2 heterocycles. The van der Waals surface area contributed by atoms with Crippen LogP contribution in [0, 0.1) is 5.82 Å². The summed E-state index contributed by atoms with van der Waals surface area (Å²) in [6.07, 6.45) is 1.78. The van der Waals surface area contributed by atoms with Crippen LogP contribution in [0.2, 0.25) is 5.02 Å². The molecule has 6 nitrogen and oxygen atoms in total. The Balaban J connectivity index is 1.42. The van der Waals surface area contributed by atoms with Gasteiger partial charge < -0.3 is 15.0 Å². The fourth-order valence-electron chi connectivity index (χ4n) is 3.63. The van der Waals surface area contributed by atoms with Crippen molar-refractivity contribution in [2.75, 3.05) is 25.1 Å². The fraction of sp³-hybridized carbons (Fsp3) is 0.273. The third kappa shape index (κ3) is 4.41. The van der Waals surface area contributed by atoms with Crippen molar-refractivity contribution in [1.82, 2.24) is 15.5 Å². The summed E-state index contributed by atoms with van der Waals surface area (Å²) in [5, 5.41) is 10.6. The summed E-state index contributed by atoms with van der Waals surface area (Å²) in [6.45, 7) is 1.49. The Bertz CT molecular complexity index is 1040. The molecule has 0 bridgehead atoms. The number of ether oxygens (including phenoxy) is 1. The van der Waals surface area contributed by atoms with Crippen molar-refractivity contribution in [3.63, 3.8) is 0 Å². The zero-order valence-electron chi connectivity index (χ0n) is 16.5. The summed E-state index contributed by atoms with van der Waals surface area (Å²) in [4.78, 5) is 14.7. The number of halogens is 2. The van der Waals surface area contributed by atoms with E-state index in [-0.39, 0.29) is 22.5 Å². The summed E-state index contributed by atoms with van der Waals surface area (Å²) in [6, 6.07) is 13.5. The molecule has 1 aliphatic rings. The number of amides is 1. The van der Waals surface area contributed by atoms with Crippen LogP contribution in [0.15, 0.2) is 48.5 Å². The van der Waals surface area contributed by atoms with Crippen molar-refractivity contribution in [3.8, 4) is 17.0 Å². The predicted molar refractivity (Wildman–Crippen MR) is 115 cm³/mol. The van der Waals surface area contributed by atoms with Gasteiger partial charge in [0.05, 0.1) is 23.4 Å². The molecular formula is C22H22ClFN4O2. The van der Waals surface area contributed by atoms with Crippen molar-refractivity contribution >= 4 is 23.3 Å². The third-order valence-corrected chi connectivity index (χ3v) is 5.53. The van der Waals surface area contributed by atoms with E-state index < -0.39 is 5.82 Å². The van der Waals surface area contributed by atoms with Gasteiger partial charge in [-0.15, -0.1) is 0 Å². The molecule has 1 atom stereocenters. The number of hydrogen-bond donors (Lipinski definition) is 2. The second-order valence-corrected chi connectivity index (χ2v) is 7.66. The molecule has 0 radical (unpaired) electrons. The van der Waals surface area contributed by atoms with Crippen LogP contribution in [0.1, 0.15) is 23.2 Å². The molecular weight excluding hydrogens is 407 g/mol. The highest BCUT2D eigenvalue weighted by atomic mass is 35.5. The molecule has 1 amide bonds. The molecule has 0 aliphatic carbocycles. The molecule has 2 aromatic carbocycles. The number of piperidine rings is 1. The molecule has 0 spiro atoms. The smallest absolute Gasteiger partial charge is 0.253 e. The largest absolute Gasteiger partial charge is 0.497 e. The zero-order chi connectivity index (χ0) is 21.1. The average Bonchev–Trinajstić information content (AvgIpc) is 3.24. The van der Waals surface area contributed by atoms with E-state index in [4.69, 9.17) is 16.3 Å².